The third-order valence-electron chi connectivity index (χ3n) is 6.90. The Morgan fingerprint density at radius 1 is 0.939 bits per heavy atom. The zero-order valence-electron chi connectivity index (χ0n) is 20.6. The summed E-state index contributed by atoms with van der Waals surface area (Å²) in [5.74, 6) is 1.48. The molecule has 0 radical (unpaired) electrons. The summed E-state index contributed by atoms with van der Waals surface area (Å²) in [6.45, 7) is 12.7. The number of fused-ring (bicyclic) bond motifs is 1. The maximum atomic E-state index is 6.05. The van der Waals surface area contributed by atoms with Gasteiger partial charge >= 0.3 is 0 Å². The molecule has 1 heterocycles. The van der Waals surface area contributed by atoms with Crippen LogP contribution >= 0.6 is 0 Å². The molecule has 33 heavy (non-hydrogen) atoms. The van der Waals surface area contributed by atoms with Gasteiger partial charge in [-0.15, -0.1) is 0 Å². The molecule has 0 spiro atoms. The maximum absolute atomic E-state index is 6.05. The summed E-state index contributed by atoms with van der Waals surface area (Å²) in [7, 11) is 0. The molecule has 3 aromatic carbocycles. The van der Waals surface area contributed by atoms with E-state index in [0.717, 1.165) is 44.8 Å². The first-order chi connectivity index (χ1) is 16.1. The van der Waals surface area contributed by atoms with Gasteiger partial charge in [-0.2, -0.15) is 0 Å². The van der Waals surface area contributed by atoms with Crippen LogP contribution in [0.25, 0.3) is 0 Å². The highest BCUT2D eigenvalue weighted by molar-refractivity contribution is 5.70. The summed E-state index contributed by atoms with van der Waals surface area (Å²) in [4.78, 5) is 4.91. The van der Waals surface area contributed by atoms with Crippen LogP contribution < -0.4 is 9.64 Å². The minimum absolute atomic E-state index is 0.332. The monoisotopic (exact) mass is 442 g/mol. The van der Waals surface area contributed by atoms with Crippen LogP contribution in [-0.2, 0) is 6.42 Å². The Morgan fingerprint density at radius 2 is 1.67 bits per heavy atom. The van der Waals surface area contributed by atoms with Crippen molar-refractivity contribution in [2.45, 2.75) is 52.5 Å². The van der Waals surface area contributed by atoms with Crippen LogP contribution in [-0.4, -0.2) is 31.1 Å². The molecule has 3 nitrogen and oxygen atoms in total. The molecule has 3 heteroatoms. The molecule has 0 aromatic heterocycles. The molecule has 0 fully saturated rings. The number of hydrogen-bond donors (Lipinski definition) is 0. The third-order valence-corrected chi connectivity index (χ3v) is 6.90. The molecular weight excluding hydrogens is 404 g/mol. The minimum Gasteiger partial charge on any atom is -0.492 e. The fourth-order valence-corrected chi connectivity index (χ4v) is 4.83. The van der Waals surface area contributed by atoms with Crippen LogP contribution in [0.5, 0.6) is 5.75 Å². The number of likely N-dealkylation sites (N-methyl/N-ethyl adjacent to an activating group) is 1. The normalized spacial score (nSPS) is 15.7. The topological polar surface area (TPSA) is 15.7 Å². The molecule has 0 saturated carbocycles. The van der Waals surface area contributed by atoms with Gasteiger partial charge in [0.15, 0.2) is 0 Å². The van der Waals surface area contributed by atoms with E-state index in [1.165, 1.54) is 28.1 Å². The standard InChI is InChI=1S/C30H38N2O/c1-5-31(6-2)20-21-33-28-16-14-27(15-17-28)32-29(24-10-8-7-9-11-24)19-13-26-22-25(23(3)4)12-18-30(26)32/h7-12,14-18,22-23,29H,5-6,13,19-21H2,1-4H3. The van der Waals surface area contributed by atoms with Crippen molar-refractivity contribution >= 4 is 11.4 Å². The number of hydrogen-bond acceptors (Lipinski definition) is 3. The van der Waals surface area contributed by atoms with Gasteiger partial charge in [0, 0.05) is 17.9 Å². The Bertz CT molecular complexity index is 1010. The summed E-state index contributed by atoms with van der Waals surface area (Å²) < 4.78 is 6.05. The lowest BCUT2D eigenvalue weighted by molar-refractivity contribution is 0.223. The highest BCUT2D eigenvalue weighted by atomic mass is 16.5. The quantitative estimate of drug-likeness (QED) is 0.344. The van der Waals surface area contributed by atoms with Gasteiger partial charge in [-0.3, -0.25) is 0 Å². The van der Waals surface area contributed by atoms with E-state index in [9.17, 15) is 0 Å². The Kier molecular flexibility index (Phi) is 7.72. The minimum atomic E-state index is 0.332. The van der Waals surface area contributed by atoms with Gasteiger partial charge in [-0.25, -0.2) is 0 Å². The SMILES string of the molecule is CCN(CC)CCOc1ccc(N2c3ccc(C(C)C)cc3CCC2c2ccccc2)cc1. The van der Waals surface area contributed by atoms with Crippen LogP contribution in [0.4, 0.5) is 11.4 Å². The fraction of sp³-hybridized carbons (Fsp3) is 0.400. The zero-order valence-corrected chi connectivity index (χ0v) is 20.6. The van der Waals surface area contributed by atoms with Crippen LogP contribution in [0.15, 0.2) is 72.8 Å². The second-order valence-corrected chi connectivity index (χ2v) is 9.25. The Hall–Kier alpha value is -2.78. The van der Waals surface area contributed by atoms with E-state index in [2.05, 4.69) is 110 Å². The smallest absolute Gasteiger partial charge is 0.119 e. The van der Waals surface area contributed by atoms with E-state index in [1.54, 1.807) is 0 Å². The van der Waals surface area contributed by atoms with Crippen molar-refractivity contribution < 1.29 is 4.74 Å². The van der Waals surface area contributed by atoms with Crippen molar-refractivity contribution in [3.8, 4) is 5.75 Å². The number of aryl methyl sites for hydroxylation is 1. The first-order valence-corrected chi connectivity index (χ1v) is 12.5. The van der Waals surface area contributed by atoms with Gasteiger partial charge in [-0.1, -0.05) is 70.2 Å². The lowest BCUT2D eigenvalue weighted by atomic mass is 9.88. The summed E-state index contributed by atoms with van der Waals surface area (Å²) in [5.41, 5.74) is 6.79. The molecule has 3 aromatic rings. The molecular formula is C30H38N2O. The van der Waals surface area contributed by atoms with E-state index in [4.69, 9.17) is 4.74 Å². The lowest BCUT2D eigenvalue weighted by Crippen LogP contribution is -2.29. The molecule has 1 unspecified atom stereocenters. The number of anilines is 2. The fourth-order valence-electron chi connectivity index (χ4n) is 4.83. The highest BCUT2D eigenvalue weighted by Gasteiger charge is 2.29. The first kappa shape index (κ1) is 23.4. The van der Waals surface area contributed by atoms with Crippen molar-refractivity contribution in [1.29, 1.82) is 0 Å². The van der Waals surface area contributed by atoms with E-state index in [1.807, 2.05) is 0 Å². The predicted molar refractivity (Wildman–Crippen MR) is 140 cm³/mol. The first-order valence-electron chi connectivity index (χ1n) is 12.5. The van der Waals surface area contributed by atoms with Crippen molar-refractivity contribution in [2.24, 2.45) is 0 Å². The van der Waals surface area contributed by atoms with Crippen molar-refractivity contribution in [2.75, 3.05) is 31.1 Å². The van der Waals surface area contributed by atoms with Crippen LogP contribution in [0.1, 0.15) is 62.8 Å². The van der Waals surface area contributed by atoms with Crippen LogP contribution in [0.3, 0.4) is 0 Å². The van der Waals surface area contributed by atoms with E-state index < -0.39 is 0 Å². The molecule has 0 saturated heterocycles. The molecule has 1 atom stereocenters. The largest absolute Gasteiger partial charge is 0.492 e. The summed E-state index contributed by atoms with van der Waals surface area (Å²) in [6.07, 6.45) is 2.22. The van der Waals surface area contributed by atoms with Gasteiger partial charge < -0.3 is 14.5 Å². The molecule has 0 aliphatic carbocycles. The lowest BCUT2D eigenvalue weighted by Gasteiger charge is -2.39. The van der Waals surface area contributed by atoms with Gasteiger partial charge in [0.25, 0.3) is 0 Å². The van der Waals surface area contributed by atoms with Gasteiger partial charge in [0.05, 0.1) is 6.04 Å². The molecule has 4 rings (SSSR count). The predicted octanol–water partition coefficient (Wildman–Crippen LogP) is 7.36. The van der Waals surface area contributed by atoms with Gasteiger partial charge in [-0.05, 0) is 78.9 Å². The number of benzene rings is 3. The Balaban J connectivity index is 1.61. The molecule has 174 valence electrons. The zero-order chi connectivity index (χ0) is 23.2. The maximum Gasteiger partial charge on any atom is 0.119 e. The van der Waals surface area contributed by atoms with Crippen molar-refractivity contribution in [1.82, 2.24) is 4.90 Å². The Morgan fingerprint density at radius 3 is 2.33 bits per heavy atom. The van der Waals surface area contributed by atoms with Crippen LogP contribution in [0.2, 0.25) is 0 Å². The van der Waals surface area contributed by atoms with Gasteiger partial charge in [0.2, 0.25) is 0 Å². The summed E-state index contributed by atoms with van der Waals surface area (Å²) in [5, 5.41) is 0. The summed E-state index contributed by atoms with van der Waals surface area (Å²) in [6, 6.07) is 27.0. The number of rotatable bonds is 9. The second kappa shape index (κ2) is 10.9. The number of nitrogens with zero attached hydrogens (tertiary/aromatic N) is 2. The van der Waals surface area contributed by atoms with Crippen molar-refractivity contribution in [3.05, 3.63) is 89.5 Å². The average molecular weight is 443 g/mol. The number of ether oxygens (including phenoxy) is 1. The van der Waals surface area contributed by atoms with Crippen molar-refractivity contribution in [3.63, 3.8) is 0 Å². The van der Waals surface area contributed by atoms with E-state index >= 15 is 0 Å². The second-order valence-electron chi connectivity index (χ2n) is 9.25. The summed E-state index contributed by atoms with van der Waals surface area (Å²) >= 11 is 0. The molecule has 0 N–H and O–H groups in total. The Labute approximate surface area is 200 Å². The highest BCUT2D eigenvalue weighted by Crippen LogP contribution is 2.44. The average Bonchev–Trinajstić information content (AvgIpc) is 2.86. The molecule has 1 aliphatic rings. The molecule has 0 bridgehead atoms. The van der Waals surface area contributed by atoms with Gasteiger partial charge in [0.1, 0.15) is 12.4 Å². The van der Waals surface area contributed by atoms with E-state index in [0.29, 0.717) is 12.0 Å². The van der Waals surface area contributed by atoms with Crippen LogP contribution in [0, 0.1) is 0 Å². The molecule has 1 aliphatic heterocycles. The third kappa shape index (κ3) is 5.42. The van der Waals surface area contributed by atoms with E-state index in [-0.39, 0.29) is 0 Å². The molecule has 0 amide bonds.